The van der Waals surface area contributed by atoms with E-state index >= 15 is 0 Å². The number of rotatable bonds is 2. The van der Waals surface area contributed by atoms with Crippen LogP contribution in [0.1, 0.15) is 11.1 Å². The highest BCUT2D eigenvalue weighted by Crippen LogP contribution is 2.11. The van der Waals surface area contributed by atoms with Gasteiger partial charge < -0.3 is 0 Å². The third-order valence-electron chi connectivity index (χ3n) is 2.19. The predicted octanol–water partition coefficient (Wildman–Crippen LogP) is 3.64. The van der Waals surface area contributed by atoms with Crippen LogP contribution in [0.2, 0.25) is 0 Å². The van der Waals surface area contributed by atoms with Crippen LogP contribution in [0.5, 0.6) is 0 Å². The van der Waals surface area contributed by atoms with Crippen LogP contribution in [-0.2, 0) is 0 Å². The Bertz CT molecular complexity index is 407. The minimum atomic E-state index is 0.853. The van der Waals surface area contributed by atoms with E-state index in [0.29, 0.717) is 0 Å². The van der Waals surface area contributed by atoms with Crippen molar-refractivity contribution < 1.29 is 0 Å². The Morgan fingerprint density at radius 1 is 0.733 bits per heavy atom. The monoisotopic (exact) mass is 212 g/mol. The normalized spacial score (nSPS) is 9.60. The summed E-state index contributed by atoms with van der Waals surface area (Å²) in [6, 6.07) is 20.0. The lowest BCUT2D eigenvalue weighted by Gasteiger charge is -2.04. The van der Waals surface area contributed by atoms with Crippen LogP contribution in [0.15, 0.2) is 65.1 Å². The predicted molar refractivity (Wildman–Crippen MR) is 66.1 cm³/mol. The third-order valence-corrected chi connectivity index (χ3v) is 2.37. The van der Waals surface area contributed by atoms with Gasteiger partial charge >= 0.3 is 0 Å². The fourth-order valence-electron chi connectivity index (χ4n) is 1.46. The van der Waals surface area contributed by atoms with E-state index in [1.165, 1.54) is 0 Å². The summed E-state index contributed by atoms with van der Waals surface area (Å²) in [5.41, 5.74) is 2.96. The number of hydrogen-bond donors (Lipinski definition) is 0. The Morgan fingerprint density at radius 3 is 1.47 bits per heavy atom. The first kappa shape index (κ1) is 9.87. The number of hydrogen-bond acceptors (Lipinski definition) is 1. The van der Waals surface area contributed by atoms with Gasteiger partial charge in [-0.05, 0) is 0 Å². The highest BCUT2D eigenvalue weighted by molar-refractivity contribution is 7.79. The summed E-state index contributed by atoms with van der Waals surface area (Å²) in [5, 5.41) is 0. The Morgan fingerprint density at radius 2 is 1.13 bits per heavy atom. The smallest absolute Gasteiger partial charge is 0.0913 e. The van der Waals surface area contributed by atoms with Gasteiger partial charge in [0.25, 0.3) is 0 Å². The molecule has 0 saturated heterocycles. The van der Waals surface area contributed by atoms with Crippen LogP contribution in [0.25, 0.3) is 0 Å². The molecule has 73 valence electrons. The zero-order valence-electron chi connectivity index (χ0n) is 8.13. The van der Waals surface area contributed by atoms with Crippen molar-refractivity contribution in [1.82, 2.24) is 0 Å². The molecule has 0 aromatic heterocycles. The van der Waals surface area contributed by atoms with Gasteiger partial charge in [-0.15, -0.1) is 0 Å². The molecule has 0 saturated carbocycles. The van der Waals surface area contributed by atoms with E-state index in [0.717, 1.165) is 16.8 Å². The van der Waals surface area contributed by atoms with E-state index in [9.17, 15) is 0 Å². The number of benzene rings is 2. The van der Waals surface area contributed by atoms with Crippen molar-refractivity contribution in [3.63, 3.8) is 0 Å². The summed E-state index contributed by atoms with van der Waals surface area (Å²) in [5.74, 6) is 0. The van der Waals surface area contributed by atoms with Crippen molar-refractivity contribution >= 4 is 18.5 Å². The van der Waals surface area contributed by atoms with Gasteiger partial charge in [0.15, 0.2) is 0 Å². The molecule has 0 fully saturated rings. The molecule has 0 unspecified atom stereocenters. The quantitative estimate of drug-likeness (QED) is 0.674. The molecular formula is C13H10NS. The zero-order chi connectivity index (χ0) is 10.5. The van der Waals surface area contributed by atoms with Crippen molar-refractivity contribution in [2.45, 2.75) is 0 Å². The lowest BCUT2D eigenvalue weighted by Crippen LogP contribution is -2.01. The van der Waals surface area contributed by atoms with Crippen LogP contribution in [0.3, 0.4) is 0 Å². The van der Waals surface area contributed by atoms with Gasteiger partial charge in [-0.3, -0.25) is 0 Å². The van der Waals surface area contributed by atoms with Gasteiger partial charge in [-0.2, -0.15) is 4.40 Å². The van der Waals surface area contributed by atoms with Crippen molar-refractivity contribution in [2.75, 3.05) is 0 Å². The molecule has 2 aromatic rings. The van der Waals surface area contributed by atoms with Crippen molar-refractivity contribution in [2.24, 2.45) is 4.40 Å². The summed E-state index contributed by atoms with van der Waals surface area (Å²) in [4.78, 5) is 0. The maximum absolute atomic E-state index is 4.83. The second-order valence-electron chi connectivity index (χ2n) is 3.17. The van der Waals surface area contributed by atoms with Gasteiger partial charge in [0.05, 0.1) is 5.71 Å². The largest absolute Gasteiger partial charge is 0.180 e. The first-order chi connectivity index (χ1) is 7.42. The van der Waals surface area contributed by atoms with Crippen LogP contribution in [0, 0.1) is 0 Å². The summed E-state index contributed by atoms with van der Waals surface area (Å²) in [7, 11) is 0. The molecule has 0 bridgehead atoms. The van der Waals surface area contributed by atoms with Crippen LogP contribution >= 0.6 is 12.8 Å². The second-order valence-corrected chi connectivity index (χ2v) is 3.35. The van der Waals surface area contributed by atoms with E-state index in [4.69, 9.17) is 12.8 Å². The fourth-order valence-corrected chi connectivity index (χ4v) is 1.67. The van der Waals surface area contributed by atoms with E-state index in [1.54, 1.807) is 0 Å². The Labute approximate surface area is 95.0 Å². The minimum absolute atomic E-state index is 0.853. The Hall–Kier alpha value is -1.67. The molecule has 0 atom stereocenters. The Balaban J connectivity index is 2.44. The van der Waals surface area contributed by atoms with E-state index in [2.05, 4.69) is 4.40 Å². The molecule has 0 aliphatic rings. The molecule has 0 aliphatic carbocycles. The van der Waals surface area contributed by atoms with E-state index < -0.39 is 0 Å². The first-order valence-corrected chi connectivity index (χ1v) is 5.09. The van der Waals surface area contributed by atoms with Crippen LogP contribution < -0.4 is 0 Å². The van der Waals surface area contributed by atoms with Gasteiger partial charge in [0.1, 0.15) is 0 Å². The van der Waals surface area contributed by atoms with Crippen LogP contribution in [-0.4, -0.2) is 5.71 Å². The number of nitrogens with zero attached hydrogens (tertiary/aromatic N) is 1. The lowest BCUT2D eigenvalue weighted by atomic mass is 10.0. The third kappa shape index (κ3) is 2.22. The Kier molecular flexibility index (Phi) is 3.10. The molecule has 0 amide bonds. The maximum Gasteiger partial charge on any atom is 0.0913 e. The molecule has 2 heteroatoms. The molecule has 0 spiro atoms. The molecule has 0 N–H and O–H groups in total. The average Bonchev–Trinajstić information content (AvgIpc) is 2.33. The van der Waals surface area contributed by atoms with Gasteiger partial charge in [0.2, 0.25) is 0 Å². The average molecular weight is 212 g/mol. The van der Waals surface area contributed by atoms with Crippen molar-refractivity contribution in [3.8, 4) is 0 Å². The summed E-state index contributed by atoms with van der Waals surface area (Å²) >= 11 is 4.83. The molecule has 0 aliphatic heterocycles. The molecule has 0 heterocycles. The maximum atomic E-state index is 4.83. The summed E-state index contributed by atoms with van der Waals surface area (Å²) in [6.07, 6.45) is 0. The highest BCUT2D eigenvalue weighted by Gasteiger charge is 2.04. The standard InChI is InChI=1S/C13H10NS/c15-14-13(11-7-3-1-4-8-11)12-9-5-2-6-10-12/h1-10H. The summed E-state index contributed by atoms with van der Waals surface area (Å²) < 4.78 is 3.93. The van der Waals surface area contributed by atoms with E-state index in [-0.39, 0.29) is 0 Å². The summed E-state index contributed by atoms with van der Waals surface area (Å²) in [6.45, 7) is 0. The van der Waals surface area contributed by atoms with Gasteiger partial charge in [-0.1, -0.05) is 60.7 Å². The van der Waals surface area contributed by atoms with Crippen molar-refractivity contribution in [3.05, 3.63) is 71.8 Å². The molecule has 2 rings (SSSR count). The lowest BCUT2D eigenvalue weighted by molar-refractivity contribution is 1.58. The molecule has 15 heavy (non-hydrogen) atoms. The molecule has 2 aromatic carbocycles. The van der Waals surface area contributed by atoms with Crippen molar-refractivity contribution in [1.29, 1.82) is 0 Å². The highest BCUT2D eigenvalue weighted by atomic mass is 32.1. The zero-order valence-corrected chi connectivity index (χ0v) is 8.95. The topological polar surface area (TPSA) is 12.4 Å². The molecule has 1 nitrogen and oxygen atoms in total. The van der Waals surface area contributed by atoms with Gasteiger partial charge in [-0.25, -0.2) is 0 Å². The first-order valence-electron chi connectivity index (χ1n) is 4.73. The minimum Gasteiger partial charge on any atom is -0.180 e. The van der Waals surface area contributed by atoms with Gasteiger partial charge in [0, 0.05) is 23.9 Å². The fraction of sp³-hybridized carbons (Fsp3) is 0. The molecular weight excluding hydrogens is 202 g/mol. The molecule has 1 radical (unpaired) electrons. The van der Waals surface area contributed by atoms with E-state index in [1.807, 2.05) is 60.7 Å². The second kappa shape index (κ2) is 4.71. The van der Waals surface area contributed by atoms with Crippen LogP contribution in [0.4, 0.5) is 0 Å². The SMILES string of the molecule is [S]N=C(c1ccccc1)c1ccccc1.